The maximum Gasteiger partial charge on any atom is 0.257 e. The van der Waals surface area contributed by atoms with E-state index in [1.807, 2.05) is 4.90 Å². The molecule has 7 nitrogen and oxygen atoms in total. The Morgan fingerprint density at radius 2 is 1.83 bits per heavy atom. The Hall–Kier alpha value is -2.20. The van der Waals surface area contributed by atoms with Gasteiger partial charge in [-0.3, -0.25) is 4.79 Å². The zero-order chi connectivity index (χ0) is 24.4. The molecule has 3 aliphatic rings. The van der Waals surface area contributed by atoms with Crippen LogP contribution in [-0.4, -0.2) is 60.5 Å². The number of aryl methyl sites for hydroxylation is 1. The molecule has 0 saturated carbocycles. The maximum absolute atomic E-state index is 13.7. The molecule has 5 rings (SSSR count). The van der Waals surface area contributed by atoms with Crippen molar-refractivity contribution in [3.05, 3.63) is 58.5 Å². The van der Waals surface area contributed by atoms with Gasteiger partial charge in [0.05, 0.1) is 16.5 Å². The average molecular weight is 516 g/mol. The lowest BCUT2D eigenvalue weighted by molar-refractivity contribution is 0.0724. The quantitative estimate of drug-likeness (QED) is 0.448. The molecule has 1 aromatic carbocycles. The van der Waals surface area contributed by atoms with Crippen molar-refractivity contribution in [3.63, 3.8) is 0 Å². The van der Waals surface area contributed by atoms with E-state index < -0.39 is 22.3 Å². The van der Waals surface area contributed by atoms with Gasteiger partial charge in [0.25, 0.3) is 5.91 Å². The number of carbonyl (C=O) groups excluding carboxylic acids is 1. The minimum Gasteiger partial charge on any atom is -0.372 e. The highest BCUT2D eigenvalue weighted by Gasteiger charge is 2.40. The Balaban J connectivity index is 1.43. The van der Waals surface area contributed by atoms with Gasteiger partial charge < -0.3 is 15.3 Å². The predicted molar refractivity (Wildman–Crippen MR) is 138 cm³/mol. The number of sulfonamides is 1. The molecule has 0 spiro atoms. The first-order valence-electron chi connectivity index (χ1n) is 12.6. The molecule has 0 radical (unpaired) electrons. The Bertz CT molecular complexity index is 1190. The standard InChI is InChI=1S/C26H33N3O4S2/c30-24(21-14-10-18-29(21)35(32,33)19-11-4-1-5-12-19)27-25-23(26(31)28-16-8-3-9-17-28)20-13-6-2-7-15-22(20)34-25/h1-2,4-6,11-12,21,24,27,30H,3,7-10,13-18H2/t21-,24?/m0/s1. The first kappa shape index (κ1) is 24.5. The number of nitrogens with one attached hydrogen (secondary N) is 1. The molecule has 2 fully saturated rings. The summed E-state index contributed by atoms with van der Waals surface area (Å²) >= 11 is 1.53. The fourth-order valence-corrected chi connectivity index (χ4v) is 8.37. The zero-order valence-corrected chi connectivity index (χ0v) is 21.5. The number of benzene rings is 1. The summed E-state index contributed by atoms with van der Waals surface area (Å²) in [5, 5.41) is 15.1. The van der Waals surface area contributed by atoms with Crippen LogP contribution in [0.25, 0.3) is 0 Å². The van der Waals surface area contributed by atoms with Crippen molar-refractivity contribution in [2.45, 2.75) is 68.5 Å². The first-order chi connectivity index (χ1) is 17.0. The summed E-state index contributed by atoms with van der Waals surface area (Å²) in [5.74, 6) is 0.0207. The molecule has 9 heteroatoms. The molecule has 1 aromatic heterocycles. The van der Waals surface area contributed by atoms with Gasteiger partial charge in [0, 0.05) is 24.5 Å². The number of likely N-dealkylation sites (tertiary alicyclic amines) is 1. The van der Waals surface area contributed by atoms with Crippen molar-refractivity contribution < 1.29 is 18.3 Å². The van der Waals surface area contributed by atoms with Crippen LogP contribution in [0.15, 0.2) is 47.4 Å². The van der Waals surface area contributed by atoms with Crippen LogP contribution in [-0.2, 0) is 22.9 Å². The van der Waals surface area contributed by atoms with Crippen molar-refractivity contribution in [3.8, 4) is 0 Å². The number of allylic oxidation sites excluding steroid dienone is 2. The molecule has 3 heterocycles. The third-order valence-corrected chi connectivity index (χ3v) is 10.4. The van der Waals surface area contributed by atoms with Crippen LogP contribution in [0.3, 0.4) is 0 Å². The Labute approximate surface area is 211 Å². The summed E-state index contributed by atoms with van der Waals surface area (Å²) in [4.78, 5) is 17.0. The lowest BCUT2D eigenvalue weighted by Gasteiger charge is -2.30. The number of piperidine rings is 1. The molecular weight excluding hydrogens is 482 g/mol. The van der Waals surface area contributed by atoms with Gasteiger partial charge in [-0.25, -0.2) is 8.42 Å². The monoisotopic (exact) mass is 515 g/mol. The lowest BCUT2D eigenvalue weighted by Crippen LogP contribution is -2.46. The number of hydrogen-bond donors (Lipinski definition) is 2. The minimum atomic E-state index is -3.72. The molecule has 2 aliphatic heterocycles. The number of anilines is 1. The second-order valence-corrected chi connectivity index (χ2v) is 12.5. The molecule has 0 bridgehead atoms. The van der Waals surface area contributed by atoms with Gasteiger partial charge in [-0.2, -0.15) is 4.31 Å². The van der Waals surface area contributed by atoms with Crippen LogP contribution < -0.4 is 5.32 Å². The molecule has 2 aromatic rings. The van der Waals surface area contributed by atoms with Crippen LogP contribution in [0.2, 0.25) is 0 Å². The van der Waals surface area contributed by atoms with E-state index in [0.717, 1.165) is 50.8 Å². The lowest BCUT2D eigenvalue weighted by atomic mass is 10.0. The average Bonchev–Trinajstić information content (AvgIpc) is 3.44. The van der Waals surface area contributed by atoms with Crippen LogP contribution in [0.1, 0.15) is 59.3 Å². The number of aliphatic hydroxyl groups is 1. The van der Waals surface area contributed by atoms with Crippen molar-refractivity contribution in [1.82, 2.24) is 9.21 Å². The number of nitrogens with zero attached hydrogens (tertiary/aromatic N) is 2. The Morgan fingerprint density at radius 1 is 1.06 bits per heavy atom. The smallest absolute Gasteiger partial charge is 0.257 e. The summed E-state index contributed by atoms with van der Waals surface area (Å²) in [6.45, 7) is 1.88. The summed E-state index contributed by atoms with van der Waals surface area (Å²) in [7, 11) is -3.72. The van der Waals surface area contributed by atoms with Crippen molar-refractivity contribution in [1.29, 1.82) is 0 Å². The predicted octanol–water partition coefficient (Wildman–Crippen LogP) is 4.00. The molecule has 1 aliphatic carbocycles. The molecule has 2 N–H and O–H groups in total. The fourth-order valence-electron chi connectivity index (χ4n) is 5.38. The number of rotatable bonds is 6. The highest BCUT2D eigenvalue weighted by molar-refractivity contribution is 7.89. The minimum absolute atomic E-state index is 0.0207. The normalized spacial score (nSPS) is 22.0. The van der Waals surface area contributed by atoms with Gasteiger partial charge in [0.2, 0.25) is 10.0 Å². The van der Waals surface area contributed by atoms with Crippen LogP contribution in [0, 0.1) is 0 Å². The third-order valence-electron chi connectivity index (χ3n) is 7.22. The van der Waals surface area contributed by atoms with E-state index in [0.29, 0.717) is 36.4 Å². The molecule has 188 valence electrons. The number of hydrogen-bond acceptors (Lipinski definition) is 6. The van der Waals surface area contributed by atoms with E-state index in [2.05, 4.69) is 17.5 Å². The number of amides is 1. The summed E-state index contributed by atoms with van der Waals surface area (Å²) in [6, 6.07) is 7.78. The third kappa shape index (κ3) is 4.91. The van der Waals surface area contributed by atoms with Crippen LogP contribution in [0.5, 0.6) is 0 Å². The van der Waals surface area contributed by atoms with E-state index in [9.17, 15) is 18.3 Å². The van der Waals surface area contributed by atoms with Gasteiger partial charge >= 0.3 is 0 Å². The van der Waals surface area contributed by atoms with E-state index >= 15 is 0 Å². The topological polar surface area (TPSA) is 90.0 Å². The first-order valence-corrected chi connectivity index (χ1v) is 14.8. The van der Waals surface area contributed by atoms with Crippen LogP contribution >= 0.6 is 11.3 Å². The van der Waals surface area contributed by atoms with E-state index in [-0.39, 0.29) is 10.8 Å². The highest BCUT2D eigenvalue weighted by Crippen LogP contribution is 2.39. The van der Waals surface area contributed by atoms with Crippen molar-refractivity contribution >= 4 is 32.3 Å². The molecule has 2 saturated heterocycles. The number of carbonyl (C=O) groups is 1. The van der Waals surface area contributed by atoms with E-state index in [4.69, 9.17) is 0 Å². The molecule has 2 atom stereocenters. The Morgan fingerprint density at radius 3 is 2.60 bits per heavy atom. The van der Waals surface area contributed by atoms with Gasteiger partial charge in [0.15, 0.2) is 0 Å². The van der Waals surface area contributed by atoms with Crippen LogP contribution in [0.4, 0.5) is 5.00 Å². The van der Waals surface area contributed by atoms with E-state index in [1.165, 1.54) is 20.5 Å². The SMILES string of the molecule is O=C(c1c(NC(O)[C@@H]2CCCN2S(=O)(=O)c2ccccc2)sc2c1CC=CCC2)N1CCCCC1. The number of aliphatic hydroxyl groups excluding tert-OH is 1. The zero-order valence-electron chi connectivity index (χ0n) is 19.9. The molecule has 1 unspecified atom stereocenters. The van der Waals surface area contributed by atoms with Gasteiger partial charge in [0.1, 0.15) is 11.2 Å². The van der Waals surface area contributed by atoms with Crippen molar-refractivity contribution in [2.75, 3.05) is 25.0 Å². The molecular formula is C26H33N3O4S2. The summed E-state index contributed by atoms with van der Waals surface area (Å²) < 4.78 is 28.0. The molecule has 1 amide bonds. The van der Waals surface area contributed by atoms with Crippen molar-refractivity contribution in [2.24, 2.45) is 0 Å². The summed E-state index contributed by atoms with van der Waals surface area (Å²) in [6.07, 6.45) is 10.1. The second-order valence-electron chi connectivity index (χ2n) is 9.50. The highest BCUT2D eigenvalue weighted by atomic mass is 32.2. The van der Waals surface area contributed by atoms with E-state index in [1.54, 1.807) is 30.3 Å². The number of thiophene rings is 1. The largest absolute Gasteiger partial charge is 0.372 e. The number of fused-ring (bicyclic) bond motifs is 1. The fraction of sp³-hybridized carbons (Fsp3) is 0.500. The van der Waals surface area contributed by atoms with Gasteiger partial charge in [-0.1, -0.05) is 30.4 Å². The maximum atomic E-state index is 13.7. The second kappa shape index (κ2) is 10.4. The molecule has 35 heavy (non-hydrogen) atoms. The van der Waals surface area contributed by atoms with Gasteiger partial charge in [-0.05, 0) is 69.1 Å². The van der Waals surface area contributed by atoms with Gasteiger partial charge in [-0.15, -0.1) is 11.3 Å². The Kier molecular flexibility index (Phi) is 7.29. The summed E-state index contributed by atoms with van der Waals surface area (Å²) in [5.41, 5.74) is 1.71.